The molecule has 0 fully saturated rings. The second-order valence-corrected chi connectivity index (χ2v) is 15.0. The van der Waals surface area contributed by atoms with E-state index in [1.54, 1.807) is 0 Å². The van der Waals surface area contributed by atoms with Crippen LogP contribution in [0.25, 0.3) is 0 Å². The van der Waals surface area contributed by atoms with Crippen LogP contribution in [0.5, 0.6) is 0 Å². The number of allylic oxidation sites excluding steroid dienone is 14. The van der Waals surface area contributed by atoms with Gasteiger partial charge in [0.15, 0.2) is 0 Å². The first-order valence-corrected chi connectivity index (χ1v) is 22.5. The molecule has 0 bridgehead atoms. The zero-order valence-corrected chi connectivity index (χ0v) is 35.5. The van der Waals surface area contributed by atoms with Gasteiger partial charge in [0, 0.05) is 12.8 Å². The molecule has 0 saturated carbocycles. The van der Waals surface area contributed by atoms with Gasteiger partial charge in [-0.1, -0.05) is 144 Å². The Morgan fingerprint density at radius 3 is 1.32 bits per heavy atom. The number of phosphoric ester groups is 1. The van der Waals surface area contributed by atoms with Crippen molar-refractivity contribution in [2.24, 2.45) is 0 Å². The summed E-state index contributed by atoms with van der Waals surface area (Å²) >= 11 is 0. The Kier molecular flexibility index (Phi) is 38.3. The fourth-order valence-electron chi connectivity index (χ4n) is 5.13. The molecule has 0 aliphatic carbocycles. The lowest BCUT2D eigenvalue weighted by molar-refractivity contribution is -0.153. The minimum atomic E-state index is -4.66. The Hall–Kier alpha value is -2.85. The molecule has 0 spiro atoms. The Morgan fingerprint density at radius 1 is 0.500 bits per heavy atom. The van der Waals surface area contributed by atoms with Gasteiger partial charge in [0.1, 0.15) is 12.2 Å². The second-order valence-electron chi connectivity index (χ2n) is 13.6. The predicted molar refractivity (Wildman–Crippen MR) is 228 cm³/mol. The number of ether oxygens (including phenoxy) is 2. The zero-order valence-electron chi connectivity index (χ0n) is 34.6. The number of carbonyl (C=O) groups is 2. The lowest BCUT2D eigenvalue weighted by Crippen LogP contribution is -2.28. The molecular weight excluding hydrogens is 731 g/mol. The first kappa shape index (κ1) is 53.1. The molecule has 0 heterocycles. The third-order valence-corrected chi connectivity index (χ3v) is 9.31. The Balaban J connectivity index is 4.08. The lowest BCUT2D eigenvalue weighted by atomic mass is 10.1. The van der Waals surface area contributed by atoms with Crippen molar-refractivity contribution in [3.63, 3.8) is 0 Å². The number of unbranched alkanes of at least 4 members (excludes halogenated alkanes) is 10. The van der Waals surface area contributed by atoms with Crippen LogP contribution in [0.4, 0.5) is 0 Å². The van der Waals surface area contributed by atoms with Crippen LogP contribution in [-0.4, -0.2) is 65.7 Å². The third-order valence-electron chi connectivity index (χ3n) is 8.36. The van der Waals surface area contributed by atoms with Gasteiger partial charge in [-0.2, -0.15) is 0 Å². The molecule has 3 N–H and O–H groups in total. The van der Waals surface area contributed by atoms with E-state index in [1.165, 1.54) is 32.1 Å². The lowest BCUT2D eigenvalue weighted by Gasteiger charge is -2.20. The van der Waals surface area contributed by atoms with E-state index in [9.17, 15) is 29.3 Å². The third kappa shape index (κ3) is 38.0. The highest BCUT2D eigenvalue weighted by atomic mass is 31.2. The second kappa shape index (κ2) is 40.4. The van der Waals surface area contributed by atoms with Gasteiger partial charge in [-0.25, -0.2) is 4.57 Å². The van der Waals surface area contributed by atoms with Crippen LogP contribution in [-0.2, 0) is 32.7 Å². The van der Waals surface area contributed by atoms with Crippen molar-refractivity contribution in [3.8, 4) is 0 Å². The molecule has 0 aromatic heterocycles. The molecule has 0 aromatic rings. The van der Waals surface area contributed by atoms with Crippen molar-refractivity contribution in [2.75, 3.05) is 26.4 Å². The fourth-order valence-corrected chi connectivity index (χ4v) is 5.92. The molecule has 0 radical (unpaired) electrons. The largest absolute Gasteiger partial charge is 0.472 e. The van der Waals surface area contributed by atoms with Crippen LogP contribution in [0.2, 0.25) is 0 Å². The van der Waals surface area contributed by atoms with Gasteiger partial charge < -0.3 is 24.6 Å². The molecule has 0 aromatic carbocycles. The molecule has 11 heteroatoms. The predicted octanol–water partition coefficient (Wildman–Crippen LogP) is 11.1. The van der Waals surface area contributed by atoms with E-state index in [2.05, 4.69) is 80.7 Å². The Bertz CT molecular complexity index is 1200. The Morgan fingerprint density at radius 2 is 0.875 bits per heavy atom. The van der Waals surface area contributed by atoms with E-state index in [0.717, 1.165) is 77.0 Å². The topological polar surface area (TPSA) is 149 Å². The van der Waals surface area contributed by atoms with Crippen LogP contribution in [0.3, 0.4) is 0 Å². The highest BCUT2D eigenvalue weighted by Crippen LogP contribution is 2.43. The summed E-state index contributed by atoms with van der Waals surface area (Å²) < 4.78 is 32.4. The molecule has 0 saturated heterocycles. The summed E-state index contributed by atoms with van der Waals surface area (Å²) in [6.07, 6.45) is 47.1. The van der Waals surface area contributed by atoms with E-state index in [1.807, 2.05) is 18.2 Å². The summed E-state index contributed by atoms with van der Waals surface area (Å²) in [4.78, 5) is 34.4. The van der Waals surface area contributed by atoms with Gasteiger partial charge >= 0.3 is 19.8 Å². The molecule has 0 rings (SSSR count). The zero-order chi connectivity index (χ0) is 41.2. The number of hydrogen-bond acceptors (Lipinski definition) is 9. The van der Waals surface area contributed by atoms with Crippen molar-refractivity contribution in [2.45, 2.75) is 161 Å². The number of hydrogen-bond donors (Lipinski definition) is 3. The normalized spacial score (nSPS) is 14.7. The summed E-state index contributed by atoms with van der Waals surface area (Å²) in [5.41, 5.74) is 0. The van der Waals surface area contributed by atoms with Gasteiger partial charge in [0.05, 0.1) is 26.4 Å². The number of aliphatic hydroxyl groups excluding tert-OH is 2. The smallest absolute Gasteiger partial charge is 0.457 e. The Labute approximate surface area is 339 Å². The van der Waals surface area contributed by atoms with E-state index in [4.69, 9.17) is 18.5 Å². The SMILES string of the molecule is CC/C=C\C/C=C\C/C=C\C/C=C\C/C=C\C/C=C\CCC(=O)OC(CO)COP(=O)(O)OCC(CO)OC(=O)CCCCCCC/C=C\CCCCCCC. The van der Waals surface area contributed by atoms with Crippen molar-refractivity contribution >= 4 is 19.8 Å². The summed E-state index contributed by atoms with van der Waals surface area (Å²) in [7, 11) is -4.66. The van der Waals surface area contributed by atoms with Gasteiger partial charge in [0.25, 0.3) is 0 Å². The molecule has 320 valence electrons. The first-order chi connectivity index (χ1) is 27.3. The molecule has 10 nitrogen and oxygen atoms in total. The molecule has 3 unspecified atom stereocenters. The number of esters is 2. The van der Waals surface area contributed by atoms with E-state index in [-0.39, 0.29) is 12.8 Å². The van der Waals surface area contributed by atoms with E-state index in [0.29, 0.717) is 12.8 Å². The summed E-state index contributed by atoms with van der Waals surface area (Å²) in [6.45, 7) is 1.97. The van der Waals surface area contributed by atoms with E-state index >= 15 is 0 Å². The number of carbonyl (C=O) groups excluding carboxylic acids is 2. The van der Waals surface area contributed by atoms with Gasteiger partial charge in [-0.05, 0) is 77.0 Å². The monoisotopic (exact) mass is 807 g/mol. The van der Waals surface area contributed by atoms with E-state index < -0.39 is 58.4 Å². The maximum Gasteiger partial charge on any atom is 0.472 e. The van der Waals surface area contributed by atoms with Crippen LogP contribution in [0.15, 0.2) is 85.1 Å². The average molecular weight is 807 g/mol. The summed E-state index contributed by atoms with van der Waals surface area (Å²) in [5.74, 6) is -1.12. The summed E-state index contributed by atoms with van der Waals surface area (Å²) in [5, 5.41) is 19.1. The minimum Gasteiger partial charge on any atom is -0.457 e. The van der Waals surface area contributed by atoms with Crippen molar-refractivity contribution < 1.29 is 47.8 Å². The standard InChI is InChI=1S/C45H75O10P/c1-3-5-7-9-11-13-15-17-19-20-21-22-23-25-27-29-31-33-35-37-45(49)55-43(39-47)41-53-56(50,51)52-40-42(38-46)54-44(48)36-34-32-30-28-26-24-18-16-14-12-10-8-6-4-2/h5,7,11,13,16-19,21-22,25,27,31,33,42-43,46-47H,3-4,6,8-10,12,14-15,20,23-24,26,28-30,32,34-41H2,1-2H3,(H,50,51)/b7-5-,13-11-,18-16-,19-17-,22-21-,27-25-,33-31-. The molecule has 3 atom stereocenters. The molecule has 0 aliphatic rings. The molecule has 0 amide bonds. The summed E-state index contributed by atoms with van der Waals surface area (Å²) in [6, 6.07) is 0. The van der Waals surface area contributed by atoms with Crippen molar-refractivity contribution in [1.29, 1.82) is 0 Å². The number of aliphatic hydroxyl groups is 2. The van der Waals surface area contributed by atoms with Gasteiger partial charge in [-0.3, -0.25) is 18.6 Å². The highest BCUT2D eigenvalue weighted by Gasteiger charge is 2.27. The maximum atomic E-state index is 12.3. The van der Waals surface area contributed by atoms with Gasteiger partial charge in [0.2, 0.25) is 0 Å². The van der Waals surface area contributed by atoms with Crippen LogP contribution in [0, 0.1) is 0 Å². The molecule has 0 aliphatic heterocycles. The quantitative estimate of drug-likeness (QED) is 0.0238. The fraction of sp³-hybridized carbons (Fsp3) is 0.644. The number of phosphoric acid groups is 1. The number of rotatable bonds is 38. The van der Waals surface area contributed by atoms with Crippen molar-refractivity contribution in [1.82, 2.24) is 0 Å². The molecule has 56 heavy (non-hydrogen) atoms. The average Bonchev–Trinajstić information content (AvgIpc) is 3.19. The van der Waals surface area contributed by atoms with Crippen LogP contribution < -0.4 is 0 Å². The van der Waals surface area contributed by atoms with Crippen LogP contribution in [0.1, 0.15) is 149 Å². The van der Waals surface area contributed by atoms with Crippen molar-refractivity contribution in [3.05, 3.63) is 85.1 Å². The minimum absolute atomic E-state index is 0.0620. The molecular formula is C45H75O10P. The highest BCUT2D eigenvalue weighted by molar-refractivity contribution is 7.47. The van der Waals surface area contributed by atoms with Gasteiger partial charge in [-0.15, -0.1) is 0 Å². The maximum absolute atomic E-state index is 12.3. The van der Waals surface area contributed by atoms with Crippen LogP contribution >= 0.6 is 7.82 Å². The first-order valence-electron chi connectivity index (χ1n) is 21.0.